The largest absolute Gasteiger partial charge is 0.309 e. The van der Waals surface area contributed by atoms with Gasteiger partial charge < -0.3 is 5.32 Å². The van der Waals surface area contributed by atoms with Crippen molar-refractivity contribution in [2.75, 3.05) is 7.05 Å². The molecule has 0 saturated heterocycles. The molecule has 1 heterocycles. The molecule has 0 spiro atoms. The van der Waals surface area contributed by atoms with Crippen molar-refractivity contribution in [1.82, 2.24) is 5.32 Å². The molecule has 0 amide bonds. The summed E-state index contributed by atoms with van der Waals surface area (Å²) >= 11 is 5.25. The van der Waals surface area contributed by atoms with Crippen molar-refractivity contribution in [2.24, 2.45) is 0 Å². The van der Waals surface area contributed by atoms with Crippen molar-refractivity contribution in [1.29, 1.82) is 0 Å². The van der Waals surface area contributed by atoms with E-state index in [0.717, 1.165) is 0 Å². The third-order valence-corrected chi connectivity index (χ3v) is 3.95. The molecule has 1 atom stereocenters. The molecule has 1 aromatic heterocycles. The molecule has 12 heavy (non-hydrogen) atoms. The van der Waals surface area contributed by atoms with Gasteiger partial charge in [0.1, 0.15) is 0 Å². The van der Waals surface area contributed by atoms with Gasteiger partial charge in [-0.3, -0.25) is 0 Å². The smallest absolute Gasteiger partial charge is 0.0731 e. The first kappa shape index (κ1) is 9.96. The lowest BCUT2D eigenvalue weighted by molar-refractivity contribution is 0.728. The van der Waals surface area contributed by atoms with Crippen molar-refractivity contribution in [2.45, 2.75) is 13.0 Å². The molecule has 0 fully saturated rings. The van der Waals surface area contributed by atoms with Crippen LogP contribution in [0.1, 0.15) is 16.5 Å². The van der Waals surface area contributed by atoms with Gasteiger partial charge in [-0.2, -0.15) is 0 Å². The molecule has 0 aromatic carbocycles. The summed E-state index contributed by atoms with van der Waals surface area (Å²) in [7, 11) is 1.94. The summed E-state index contributed by atoms with van der Waals surface area (Å²) in [6.07, 6.45) is 1.91. The number of hydrogen-bond acceptors (Lipinski definition) is 2. The van der Waals surface area contributed by atoms with Crippen LogP contribution < -0.4 is 5.32 Å². The quantitative estimate of drug-likeness (QED) is 0.807. The Labute approximate surface area is 85.6 Å². The fourth-order valence-corrected chi connectivity index (χ4v) is 2.69. The van der Waals surface area contributed by atoms with Crippen LogP contribution in [0.5, 0.6) is 0 Å². The van der Waals surface area contributed by atoms with Gasteiger partial charge in [-0.15, -0.1) is 17.9 Å². The van der Waals surface area contributed by atoms with E-state index in [1.54, 1.807) is 11.3 Å². The number of halogens is 1. The summed E-state index contributed by atoms with van der Waals surface area (Å²) in [5.74, 6) is 0. The predicted molar refractivity (Wildman–Crippen MR) is 58.8 cm³/mol. The maximum atomic E-state index is 3.78. The van der Waals surface area contributed by atoms with Gasteiger partial charge in [0.15, 0.2) is 0 Å². The summed E-state index contributed by atoms with van der Waals surface area (Å²) < 4.78 is 1.21. The molecule has 1 nitrogen and oxygen atoms in total. The van der Waals surface area contributed by atoms with Crippen LogP contribution in [0.2, 0.25) is 0 Å². The molecule has 3 heteroatoms. The fraction of sp³-hybridized carbons (Fsp3) is 0.333. The number of aryl methyl sites for hydroxylation is 1. The molecular weight excluding hydrogens is 234 g/mol. The lowest BCUT2D eigenvalue weighted by Gasteiger charge is -2.06. The molecule has 1 unspecified atom stereocenters. The van der Waals surface area contributed by atoms with Crippen LogP contribution in [0.25, 0.3) is 0 Å². The lowest BCUT2D eigenvalue weighted by Crippen LogP contribution is -2.11. The van der Waals surface area contributed by atoms with Gasteiger partial charge in [0, 0.05) is 4.88 Å². The Morgan fingerprint density at radius 2 is 2.42 bits per heavy atom. The van der Waals surface area contributed by atoms with Gasteiger partial charge in [-0.1, -0.05) is 6.08 Å². The standard InChI is InChI=1S/C9H12BrNS/c1-4-7(11-3)8-5-6(2)9(10)12-8/h4-5,7,11H,1H2,2-3H3. The molecular formula is C9H12BrNS. The van der Waals surface area contributed by atoms with E-state index in [2.05, 4.69) is 40.8 Å². The highest BCUT2D eigenvalue weighted by Gasteiger charge is 2.09. The zero-order valence-corrected chi connectivity index (χ0v) is 9.63. The summed E-state index contributed by atoms with van der Waals surface area (Å²) in [4.78, 5) is 1.30. The first-order valence-electron chi connectivity index (χ1n) is 3.74. The van der Waals surface area contributed by atoms with Crippen LogP contribution in [-0.4, -0.2) is 7.05 Å². The van der Waals surface area contributed by atoms with Gasteiger partial charge in [-0.05, 0) is 41.5 Å². The van der Waals surface area contributed by atoms with Gasteiger partial charge in [0.25, 0.3) is 0 Å². The first-order valence-corrected chi connectivity index (χ1v) is 5.35. The zero-order chi connectivity index (χ0) is 9.14. The van der Waals surface area contributed by atoms with Crippen LogP contribution in [0.4, 0.5) is 0 Å². The van der Waals surface area contributed by atoms with Crippen LogP contribution >= 0.6 is 27.3 Å². The maximum absolute atomic E-state index is 3.78. The highest BCUT2D eigenvalue weighted by atomic mass is 79.9. The molecule has 1 N–H and O–H groups in total. The third kappa shape index (κ3) is 1.97. The van der Waals surface area contributed by atoms with E-state index < -0.39 is 0 Å². The summed E-state index contributed by atoms with van der Waals surface area (Å²) in [5.41, 5.74) is 1.29. The minimum atomic E-state index is 0.278. The van der Waals surface area contributed by atoms with E-state index in [1.165, 1.54) is 14.2 Å². The normalized spacial score (nSPS) is 12.9. The summed E-state index contributed by atoms with van der Waals surface area (Å²) in [6.45, 7) is 5.87. The summed E-state index contributed by atoms with van der Waals surface area (Å²) in [6, 6.07) is 2.46. The minimum absolute atomic E-state index is 0.278. The van der Waals surface area contributed by atoms with Crippen molar-refractivity contribution in [3.63, 3.8) is 0 Å². The molecule has 0 aliphatic carbocycles. The minimum Gasteiger partial charge on any atom is -0.309 e. The molecule has 0 aliphatic rings. The maximum Gasteiger partial charge on any atom is 0.0731 e. The van der Waals surface area contributed by atoms with E-state index in [1.807, 2.05) is 13.1 Å². The van der Waals surface area contributed by atoms with Crippen LogP contribution in [-0.2, 0) is 0 Å². The Morgan fingerprint density at radius 1 is 1.75 bits per heavy atom. The Morgan fingerprint density at radius 3 is 2.75 bits per heavy atom. The molecule has 66 valence electrons. The summed E-state index contributed by atoms with van der Waals surface area (Å²) in [5, 5.41) is 3.18. The number of rotatable bonds is 3. The highest BCUT2D eigenvalue weighted by molar-refractivity contribution is 9.11. The molecule has 0 bridgehead atoms. The van der Waals surface area contributed by atoms with Crippen LogP contribution in [0, 0.1) is 6.92 Å². The Hall–Kier alpha value is -0.120. The lowest BCUT2D eigenvalue weighted by atomic mass is 10.2. The average molecular weight is 246 g/mol. The van der Waals surface area contributed by atoms with E-state index in [-0.39, 0.29) is 6.04 Å². The molecule has 1 aromatic rings. The number of thiophene rings is 1. The monoisotopic (exact) mass is 245 g/mol. The third-order valence-electron chi connectivity index (χ3n) is 1.73. The van der Waals surface area contributed by atoms with Crippen molar-refractivity contribution >= 4 is 27.3 Å². The topological polar surface area (TPSA) is 12.0 Å². The molecule has 1 rings (SSSR count). The van der Waals surface area contributed by atoms with E-state index >= 15 is 0 Å². The highest BCUT2D eigenvalue weighted by Crippen LogP contribution is 2.31. The van der Waals surface area contributed by atoms with Crippen LogP contribution in [0.3, 0.4) is 0 Å². The second kappa shape index (κ2) is 4.21. The Kier molecular flexibility index (Phi) is 3.50. The second-order valence-corrected chi connectivity index (χ2v) is 5.01. The average Bonchev–Trinajstić information content (AvgIpc) is 2.35. The van der Waals surface area contributed by atoms with Gasteiger partial charge in [0.05, 0.1) is 9.83 Å². The second-order valence-electron chi connectivity index (χ2n) is 2.61. The molecule has 0 aliphatic heterocycles. The van der Waals surface area contributed by atoms with E-state index in [9.17, 15) is 0 Å². The van der Waals surface area contributed by atoms with Gasteiger partial charge in [-0.25, -0.2) is 0 Å². The van der Waals surface area contributed by atoms with Crippen molar-refractivity contribution < 1.29 is 0 Å². The number of nitrogens with one attached hydrogen (secondary N) is 1. The Bertz CT molecular complexity index is 261. The van der Waals surface area contributed by atoms with Crippen molar-refractivity contribution in [3.05, 3.63) is 32.9 Å². The van der Waals surface area contributed by atoms with E-state index in [4.69, 9.17) is 0 Å². The predicted octanol–water partition coefficient (Wildman–Crippen LogP) is 3.27. The SMILES string of the molecule is C=CC(NC)c1cc(C)c(Br)s1. The fourth-order valence-electron chi connectivity index (χ4n) is 1.01. The van der Waals surface area contributed by atoms with Crippen molar-refractivity contribution in [3.8, 4) is 0 Å². The first-order chi connectivity index (χ1) is 5.69. The number of likely N-dealkylation sites (N-methyl/N-ethyl adjacent to an activating group) is 1. The molecule has 0 radical (unpaired) electrons. The zero-order valence-electron chi connectivity index (χ0n) is 7.23. The van der Waals surface area contributed by atoms with Crippen LogP contribution in [0.15, 0.2) is 22.5 Å². The van der Waals surface area contributed by atoms with Gasteiger partial charge in [0.2, 0.25) is 0 Å². The number of hydrogen-bond donors (Lipinski definition) is 1. The Balaban J connectivity index is 2.94. The molecule has 0 saturated carbocycles. The van der Waals surface area contributed by atoms with Gasteiger partial charge >= 0.3 is 0 Å². The van der Waals surface area contributed by atoms with E-state index in [0.29, 0.717) is 0 Å².